The van der Waals surface area contributed by atoms with Gasteiger partial charge in [-0.3, -0.25) is 0 Å². The molecule has 112 valence electrons. The van der Waals surface area contributed by atoms with Crippen molar-refractivity contribution in [2.45, 2.75) is 39.8 Å². The summed E-state index contributed by atoms with van der Waals surface area (Å²) in [5, 5.41) is 5.43. The normalized spacial score (nSPS) is 18.3. The van der Waals surface area contributed by atoms with E-state index in [0.29, 0.717) is 11.3 Å². The van der Waals surface area contributed by atoms with Crippen LogP contribution in [0.15, 0.2) is 35.5 Å². The number of carbonyl (C=O) groups is 2. The van der Waals surface area contributed by atoms with Crippen LogP contribution < -0.4 is 10.6 Å². The Labute approximate surface area is 124 Å². The Bertz CT molecular complexity index is 605. The minimum atomic E-state index is -0.494. The molecule has 1 aromatic carbocycles. The maximum absolute atomic E-state index is 12.3. The quantitative estimate of drug-likeness (QED) is 0.840. The number of carbonyl (C=O) groups excluding carboxylic acids is 2. The van der Waals surface area contributed by atoms with Crippen LogP contribution in [-0.2, 0) is 9.53 Å². The van der Waals surface area contributed by atoms with Gasteiger partial charge in [0, 0.05) is 5.70 Å². The third-order valence-corrected chi connectivity index (χ3v) is 3.33. The second-order valence-corrected chi connectivity index (χ2v) is 5.38. The molecule has 1 aliphatic rings. The first kappa shape index (κ1) is 15.1. The van der Waals surface area contributed by atoms with Gasteiger partial charge in [0.1, 0.15) is 0 Å². The number of allylic oxidation sites excluding steroid dienone is 1. The number of rotatable bonds is 3. The zero-order valence-electron chi connectivity index (χ0n) is 12.7. The molecule has 0 bridgehead atoms. The van der Waals surface area contributed by atoms with Crippen molar-refractivity contribution in [1.29, 1.82) is 0 Å². The summed E-state index contributed by atoms with van der Waals surface area (Å²) >= 11 is 0. The van der Waals surface area contributed by atoms with E-state index >= 15 is 0 Å². The SMILES string of the molecule is CC1=C(C(=O)OC(C)C)[C@H](c2ccccc2C)NC(=O)N1. The third-order valence-electron chi connectivity index (χ3n) is 3.33. The zero-order chi connectivity index (χ0) is 15.6. The number of aryl methyl sites for hydroxylation is 1. The van der Waals surface area contributed by atoms with Gasteiger partial charge in [0.25, 0.3) is 0 Å². The number of amides is 2. The summed E-state index contributed by atoms with van der Waals surface area (Å²) in [5.74, 6) is -0.414. The second-order valence-electron chi connectivity index (χ2n) is 5.38. The maximum atomic E-state index is 12.3. The lowest BCUT2D eigenvalue weighted by Crippen LogP contribution is -2.45. The van der Waals surface area contributed by atoms with Crippen molar-refractivity contribution in [3.8, 4) is 0 Å². The molecule has 1 aliphatic heterocycles. The molecule has 1 heterocycles. The van der Waals surface area contributed by atoms with Crippen LogP contribution in [0.5, 0.6) is 0 Å². The monoisotopic (exact) mass is 288 g/mol. The summed E-state index contributed by atoms with van der Waals surface area (Å²) < 4.78 is 5.30. The van der Waals surface area contributed by atoms with E-state index < -0.39 is 12.0 Å². The highest BCUT2D eigenvalue weighted by Gasteiger charge is 2.33. The zero-order valence-corrected chi connectivity index (χ0v) is 12.7. The summed E-state index contributed by atoms with van der Waals surface area (Å²) in [6.45, 7) is 7.25. The second kappa shape index (κ2) is 5.99. The third kappa shape index (κ3) is 3.24. The number of urea groups is 1. The van der Waals surface area contributed by atoms with Gasteiger partial charge in [0.2, 0.25) is 0 Å². The lowest BCUT2D eigenvalue weighted by molar-refractivity contribution is -0.143. The Hall–Kier alpha value is -2.30. The predicted molar refractivity (Wildman–Crippen MR) is 79.5 cm³/mol. The summed E-state index contributed by atoms with van der Waals surface area (Å²) in [6, 6.07) is 6.85. The molecule has 2 amide bonds. The molecule has 2 N–H and O–H groups in total. The van der Waals surface area contributed by atoms with E-state index in [1.165, 1.54) is 0 Å². The van der Waals surface area contributed by atoms with Crippen LogP contribution in [-0.4, -0.2) is 18.1 Å². The highest BCUT2D eigenvalue weighted by molar-refractivity contribution is 5.95. The Morgan fingerprint density at radius 3 is 2.52 bits per heavy atom. The molecule has 5 nitrogen and oxygen atoms in total. The molecule has 5 heteroatoms. The number of hydrogen-bond donors (Lipinski definition) is 2. The smallest absolute Gasteiger partial charge is 0.338 e. The number of esters is 1. The molecule has 0 fully saturated rings. The largest absolute Gasteiger partial charge is 0.459 e. The van der Waals surface area contributed by atoms with Crippen molar-refractivity contribution >= 4 is 12.0 Å². The molecular formula is C16H20N2O3. The Morgan fingerprint density at radius 2 is 1.90 bits per heavy atom. The predicted octanol–water partition coefficient (Wildman–Crippen LogP) is 2.57. The van der Waals surface area contributed by atoms with E-state index in [0.717, 1.165) is 11.1 Å². The highest BCUT2D eigenvalue weighted by atomic mass is 16.5. The lowest BCUT2D eigenvalue weighted by Gasteiger charge is -2.29. The van der Waals surface area contributed by atoms with E-state index in [2.05, 4.69) is 10.6 Å². The fraction of sp³-hybridized carbons (Fsp3) is 0.375. The van der Waals surface area contributed by atoms with Gasteiger partial charge in [0.05, 0.1) is 17.7 Å². The van der Waals surface area contributed by atoms with Gasteiger partial charge in [-0.05, 0) is 38.8 Å². The van der Waals surface area contributed by atoms with Crippen LogP contribution in [0.25, 0.3) is 0 Å². The molecule has 0 aliphatic carbocycles. The average molecular weight is 288 g/mol. The molecule has 0 unspecified atom stereocenters. The topological polar surface area (TPSA) is 67.4 Å². The highest BCUT2D eigenvalue weighted by Crippen LogP contribution is 2.29. The summed E-state index contributed by atoms with van der Waals surface area (Å²) in [4.78, 5) is 24.1. The van der Waals surface area contributed by atoms with Crippen LogP contribution in [0.3, 0.4) is 0 Å². The van der Waals surface area contributed by atoms with Crippen LogP contribution in [0, 0.1) is 6.92 Å². The van der Waals surface area contributed by atoms with Crippen LogP contribution in [0.2, 0.25) is 0 Å². The van der Waals surface area contributed by atoms with Crippen molar-refractivity contribution in [2.75, 3.05) is 0 Å². The number of nitrogens with one attached hydrogen (secondary N) is 2. The molecule has 0 saturated heterocycles. The molecule has 0 saturated carbocycles. The van der Waals surface area contributed by atoms with Crippen molar-refractivity contribution in [3.05, 3.63) is 46.7 Å². The van der Waals surface area contributed by atoms with Gasteiger partial charge in [0.15, 0.2) is 0 Å². The summed E-state index contributed by atoms with van der Waals surface area (Å²) in [6.07, 6.45) is -0.215. The van der Waals surface area contributed by atoms with Gasteiger partial charge in [-0.1, -0.05) is 24.3 Å². The van der Waals surface area contributed by atoms with Crippen molar-refractivity contribution in [2.24, 2.45) is 0 Å². The van der Waals surface area contributed by atoms with Crippen molar-refractivity contribution < 1.29 is 14.3 Å². The van der Waals surface area contributed by atoms with E-state index in [4.69, 9.17) is 4.74 Å². The molecular weight excluding hydrogens is 268 g/mol. The number of ether oxygens (including phenoxy) is 1. The molecule has 1 atom stereocenters. The Kier molecular flexibility index (Phi) is 4.31. The lowest BCUT2D eigenvalue weighted by atomic mass is 9.92. The van der Waals surface area contributed by atoms with Gasteiger partial charge in [-0.15, -0.1) is 0 Å². The van der Waals surface area contributed by atoms with E-state index in [-0.39, 0.29) is 12.1 Å². The molecule has 2 rings (SSSR count). The summed E-state index contributed by atoms with van der Waals surface area (Å²) in [5.41, 5.74) is 2.87. The molecule has 1 aromatic rings. The van der Waals surface area contributed by atoms with Gasteiger partial charge in [-0.25, -0.2) is 9.59 Å². The first-order valence-corrected chi connectivity index (χ1v) is 6.95. The first-order chi connectivity index (χ1) is 9.90. The van der Waals surface area contributed by atoms with E-state index in [1.54, 1.807) is 20.8 Å². The first-order valence-electron chi connectivity index (χ1n) is 6.95. The fourth-order valence-electron chi connectivity index (χ4n) is 2.39. The van der Waals surface area contributed by atoms with Crippen molar-refractivity contribution in [3.63, 3.8) is 0 Å². The maximum Gasteiger partial charge on any atom is 0.338 e. The van der Waals surface area contributed by atoms with Gasteiger partial charge in [-0.2, -0.15) is 0 Å². The molecule has 0 radical (unpaired) electrons. The van der Waals surface area contributed by atoms with E-state index in [1.807, 2.05) is 31.2 Å². The molecule has 0 spiro atoms. The van der Waals surface area contributed by atoms with Gasteiger partial charge < -0.3 is 15.4 Å². The van der Waals surface area contributed by atoms with Crippen molar-refractivity contribution in [1.82, 2.24) is 10.6 Å². The van der Waals surface area contributed by atoms with Crippen LogP contribution in [0.4, 0.5) is 4.79 Å². The minimum absolute atomic E-state index is 0.215. The minimum Gasteiger partial charge on any atom is -0.459 e. The molecule has 21 heavy (non-hydrogen) atoms. The molecule has 0 aromatic heterocycles. The Balaban J connectivity index is 2.46. The average Bonchev–Trinajstić information content (AvgIpc) is 2.37. The van der Waals surface area contributed by atoms with E-state index in [9.17, 15) is 9.59 Å². The van der Waals surface area contributed by atoms with Crippen LogP contribution >= 0.6 is 0 Å². The van der Waals surface area contributed by atoms with Gasteiger partial charge >= 0.3 is 12.0 Å². The van der Waals surface area contributed by atoms with Crippen LogP contribution in [0.1, 0.15) is 37.9 Å². The fourth-order valence-corrected chi connectivity index (χ4v) is 2.39. The standard InChI is InChI=1S/C16H20N2O3/c1-9(2)21-15(19)13-11(4)17-16(20)18-14(13)12-8-6-5-7-10(12)3/h5-9,14H,1-4H3,(H2,17,18,20)/t14-/m0/s1. The summed E-state index contributed by atoms with van der Waals surface area (Å²) in [7, 11) is 0. The Morgan fingerprint density at radius 1 is 1.24 bits per heavy atom. The number of benzene rings is 1. The number of hydrogen-bond acceptors (Lipinski definition) is 3.